The molecule has 12 heteroatoms. The van der Waals surface area contributed by atoms with Gasteiger partial charge in [-0.2, -0.15) is 13.2 Å². The highest BCUT2D eigenvalue weighted by Gasteiger charge is 2.38. The van der Waals surface area contributed by atoms with Crippen LogP contribution in [0.25, 0.3) is 0 Å². The highest BCUT2D eigenvalue weighted by Crippen LogP contribution is 2.18. The summed E-state index contributed by atoms with van der Waals surface area (Å²) in [6, 6.07) is 7.80. The molecule has 194 valence electrons. The molecule has 1 saturated heterocycles. The first kappa shape index (κ1) is 27.1. The predicted molar refractivity (Wildman–Crippen MR) is 125 cm³/mol. The number of aromatic nitrogens is 2. The van der Waals surface area contributed by atoms with Gasteiger partial charge in [-0.15, -0.1) is 0 Å². The van der Waals surface area contributed by atoms with Crippen LogP contribution in [0.3, 0.4) is 0 Å². The van der Waals surface area contributed by atoms with Crippen molar-refractivity contribution in [2.75, 3.05) is 44.2 Å². The quantitative estimate of drug-likeness (QED) is 0.592. The Balaban J connectivity index is 0.000000454. The molecule has 0 bridgehead atoms. The van der Waals surface area contributed by atoms with Crippen LogP contribution in [0.15, 0.2) is 36.7 Å². The molecule has 0 aliphatic carbocycles. The van der Waals surface area contributed by atoms with E-state index < -0.39 is 12.1 Å². The van der Waals surface area contributed by atoms with Gasteiger partial charge in [-0.3, -0.25) is 9.59 Å². The number of anilines is 1. The maximum atomic E-state index is 12.6. The summed E-state index contributed by atoms with van der Waals surface area (Å²) in [6.45, 7) is 4.63. The Hall–Kier alpha value is -3.54. The van der Waals surface area contributed by atoms with Crippen LogP contribution in [0, 0.1) is 0 Å². The number of aliphatic carboxylic acids is 1. The molecule has 0 unspecified atom stereocenters. The SMILES string of the molecule is O=C(CCC(=O)N1CCN(c2ncccn2)CC1)c1ccc2c(c1)CCNCC2.O=C(O)C(F)(F)F. The lowest BCUT2D eigenvalue weighted by Crippen LogP contribution is -2.49. The molecule has 2 aliphatic heterocycles. The van der Waals surface area contributed by atoms with E-state index in [1.54, 1.807) is 18.5 Å². The molecule has 1 aromatic heterocycles. The topological polar surface area (TPSA) is 116 Å². The van der Waals surface area contributed by atoms with Crippen LogP contribution in [0.4, 0.5) is 19.1 Å². The highest BCUT2D eigenvalue weighted by atomic mass is 19.4. The summed E-state index contributed by atoms with van der Waals surface area (Å²) in [5.74, 6) is -1.96. The van der Waals surface area contributed by atoms with Gasteiger partial charge in [-0.05, 0) is 49.2 Å². The lowest BCUT2D eigenvalue weighted by Gasteiger charge is -2.34. The van der Waals surface area contributed by atoms with E-state index in [0.29, 0.717) is 32.1 Å². The van der Waals surface area contributed by atoms with E-state index in [4.69, 9.17) is 9.90 Å². The monoisotopic (exact) mass is 507 g/mol. The molecule has 0 saturated carbocycles. The number of amides is 1. The number of halogens is 3. The second kappa shape index (κ2) is 12.4. The molecular weight excluding hydrogens is 479 g/mol. The highest BCUT2D eigenvalue weighted by molar-refractivity contribution is 5.98. The molecule has 4 rings (SSSR count). The molecule has 9 nitrogen and oxygen atoms in total. The fourth-order valence-electron chi connectivity index (χ4n) is 3.98. The second-order valence-corrected chi connectivity index (χ2v) is 8.38. The van der Waals surface area contributed by atoms with E-state index in [2.05, 4.69) is 26.3 Å². The third-order valence-electron chi connectivity index (χ3n) is 5.95. The zero-order valence-electron chi connectivity index (χ0n) is 19.6. The Bertz CT molecular complexity index is 1060. The van der Waals surface area contributed by atoms with Crippen molar-refractivity contribution in [3.63, 3.8) is 0 Å². The van der Waals surface area contributed by atoms with Crippen LogP contribution in [0.1, 0.15) is 34.3 Å². The maximum absolute atomic E-state index is 12.6. The average molecular weight is 508 g/mol. The number of rotatable bonds is 5. The number of carbonyl (C=O) groups is 3. The lowest BCUT2D eigenvalue weighted by atomic mass is 9.97. The molecule has 36 heavy (non-hydrogen) atoms. The number of hydrogen-bond donors (Lipinski definition) is 2. The summed E-state index contributed by atoms with van der Waals surface area (Å²) in [6.07, 6.45) is 0.846. The zero-order chi connectivity index (χ0) is 26.1. The number of fused-ring (bicyclic) bond motifs is 1. The first-order valence-corrected chi connectivity index (χ1v) is 11.6. The molecule has 1 amide bonds. The fourth-order valence-corrected chi connectivity index (χ4v) is 3.98. The summed E-state index contributed by atoms with van der Waals surface area (Å²) in [7, 11) is 0. The van der Waals surface area contributed by atoms with E-state index in [1.165, 1.54) is 11.1 Å². The first-order valence-electron chi connectivity index (χ1n) is 11.6. The summed E-state index contributed by atoms with van der Waals surface area (Å²) in [5.41, 5.74) is 3.30. The number of nitrogens with zero attached hydrogens (tertiary/aromatic N) is 4. The van der Waals surface area contributed by atoms with Crippen molar-refractivity contribution >= 4 is 23.6 Å². The third kappa shape index (κ3) is 7.74. The number of benzene rings is 1. The predicted octanol–water partition coefficient (Wildman–Crippen LogP) is 2.11. The van der Waals surface area contributed by atoms with Gasteiger partial charge in [0.1, 0.15) is 0 Å². The van der Waals surface area contributed by atoms with Crippen molar-refractivity contribution in [3.8, 4) is 0 Å². The second-order valence-electron chi connectivity index (χ2n) is 8.38. The van der Waals surface area contributed by atoms with Crippen molar-refractivity contribution in [2.45, 2.75) is 31.9 Å². The van der Waals surface area contributed by atoms with Gasteiger partial charge in [0.15, 0.2) is 5.78 Å². The van der Waals surface area contributed by atoms with Crippen molar-refractivity contribution in [1.82, 2.24) is 20.2 Å². The van der Waals surface area contributed by atoms with Gasteiger partial charge in [0.05, 0.1) is 0 Å². The Morgan fingerprint density at radius 2 is 1.56 bits per heavy atom. The molecule has 2 aromatic rings. The van der Waals surface area contributed by atoms with Crippen LogP contribution in [-0.4, -0.2) is 83.1 Å². The number of carboxylic acids is 1. The summed E-state index contributed by atoms with van der Waals surface area (Å²) >= 11 is 0. The average Bonchev–Trinajstić information content (AvgIpc) is 3.12. The minimum absolute atomic E-state index is 0.0472. The normalized spacial score (nSPS) is 15.8. The molecule has 2 aliphatic rings. The molecular formula is C24H28F3N5O4. The van der Waals surface area contributed by atoms with Crippen LogP contribution in [-0.2, 0) is 22.4 Å². The Kier molecular flexibility index (Phi) is 9.34. The van der Waals surface area contributed by atoms with Gasteiger partial charge >= 0.3 is 12.1 Å². The molecule has 0 atom stereocenters. The van der Waals surface area contributed by atoms with Crippen molar-refractivity contribution in [1.29, 1.82) is 0 Å². The van der Waals surface area contributed by atoms with Gasteiger partial charge in [0.2, 0.25) is 11.9 Å². The minimum atomic E-state index is -5.08. The minimum Gasteiger partial charge on any atom is -0.475 e. The van der Waals surface area contributed by atoms with Gasteiger partial charge in [0, 0.05) is 57.0 Å². The van der Waals surface area contributed by atoms with Gasteiger partial charge in [-0.25, -0.2) is 14.8 Å². The smallest absolute Gasteiger partial charge is 0.475 e. The van der Waals surface area contributed by atoms with E-state index in [9.17, 15) is 22.8 Å². The number of Topliss-reactive ketones (excluding diaryl/α,β-unsaturated/α-hetero) is 1. The summed E-state index contributed by atoms with van der Waals surface area (Å²) in [5, 5.41) is 10.5. The molecule has 1 fully saturated rings. The Labute approximate surface area is 206 Å². The Morgan fingerprint density at radius 1 is 0.944 bits per heavy atom. The molecule has 0 spiro atoms. The number of hydrogen-bond acceptors (Lipinski definition) is 7. The Morgan fingerprint density at radius 3 is 2.17 bits per heavy atom. The first-order chi connectivity index (χ1) is 17.1. The summed E-state index contributed by atoms with van der Waals surface area (Å²) < 4.78 is 31.7. The summed E-state index contributed by atoms with van der Waals surface area (Å²) in [4.78, 5) is 46.6. The maximum Gasteiger partial charge on any atom is 0.490 e. The van der Waals surface area contributed by atoms with Crippen LogP contribution < -0.4 is 10.2 Å². The number of carboxylic acid groups (broad SMARTS) is 1. The third-order valence-corrected chi connectivity index (χ3v) is 5.95. The van der Waals surface area contributed by atoms with Crippen LogP contribution in [0.5, 0.6) is 0 Å². The molecule has 1 aromatic carbocycles. The largest absolute Gasteiger partial charge is 0.490 e. The van der Waals surface area contributed by atoms with E-state index in [0.717, 1.165) is 31.5 Å². The van der Waals surface area contributed by atoms with Crippen molar-refractivity contribution in [3.05, 3.63) is 53.3 Å². The van der Waals surface area contributed by atoms with Crippen LogP contribution >= 0.6 is 0 Å². The van der Waals surface area contributed by atoms with Crippen LogP contribution in [0.2, 0.25) is 0 Å². The number of carbonyl (C=O) groups excluding carboxylic acids is 2. The van der Waals surface area contributed by atoms with Gasteiger partial charge in [-0.1, -0.05) is 12.1 Å². The van der Waals surface area contributed by atoms with E-state index in [1.807, 2.05) is 17.0 Å². The number of piperazine rings is 1. The van der Waals surface area contributed by atoms with Gasteiger partial charge in [0.25, 0.3) is 0 Å². The van der Waals surface area contributed by atoms with Crippen molar-refractivity contribution in [2.24, 2.45) is 0 Å². The standard InChI is InChI=1S/C22H27N5O2.C2HF3O2/c28-20(19-3-2-17-6-10-23-11-7-18(17)16-19)4-5-21(29)26-12-14-27(15-13-26)22-24-8-1-9-25-22;3-2(4,5)1(6)7/h1-3,8-9,16,23H,4-7,10-15H2;(H,6,7). The molecule has 0 radical (unpaired) electrons. The number of alkyl halides is 3. The van der Waals surface area contributed by atoms with E-state index in [-0.39, 0.29) is 24.5 Å². The molecule has 2 N–H and O–H groups in total. The zero-order valence-corrected chi connectivity index (χ0v) is 19.6. The van der Waals surface area contributed by atoms with Gasteiger partial charge < -0.3 is 20.2 Å². The van der Waals surface area contributed by atoms with E-state index >= 15 is 0 Å². The molecule has 3 heterocycles. The van der Waals surface area contributed by atoms with Crippen molar-refractivity contribution < 1.29 is 32.7 Å². The fraction of sp³-hybridized carbons (Fsp3) is 0.458. The number of nitrogens with one attached hydrogen (secondary N) is 1. The lowest BCUT2D eigenvalue weighted by molar-refractivity contribution is -0.192. The number of ketones is 1.